The van der Waals surface area contributed by atoms with E-state index in [2.05, 4.69) is 22.0 Å². The zero-order valence-corrected chi connectivity index (χ0v) is 17.6. The van der Waals surface area contributed by atoms with Crippen LogP contribution in [0.25, 0.3) is 22.3 Å². The number of piperidine rings is 1. The van der Waals surface area contributed by atoms with Crippen LogP contribution >= 0.6 is 0 Å². The van der Waals surface area contributed by atoms with Gasteiger partial charge in [-0.1, -0.05) is 42.5 Å². The third kappa shape index (κ3) is 4.27. The van der Waals surface area contributed by atoms with E-state index in [-0.39, 0.29) is 17.7 Å². The number of aromatic nitrogens is 2. The summed E-state index contributed by atoms with van der Waals surface area (Å²) in [6.07, 6.45) is 1.97. The van der Waals surface area contributed by atoms with Crippen LogP contribution in [-0.2, 0) is 11.3 Å². The van der Waals surface area contributed by atoms with Gasteiger partial charge < -0.3 is 14.7 Å². The number of anilines is 1. The Kier molecular flexibility index (Phi) is 5.69. The summed E-state index contributed by atoms with van der Waals surface area (Å²) in [7, 11) is 0. The van der Waals surface area contributed by atoms with Crippen LogP contribution in [0.4, 0.5) is 10.2 Å². The van der Waals surface area contributed by atoms with Gasteiger partial charge in [0.25, 0.3) is 0 Å². The SMILES string of the molecule is Oc1ccccc1-c1nc(N2CCCC(OCc3ccccc3)C2)c2cc(F)ccc2n1. The smallest absolute Gasteiger partial charge is 0.165 e. The summed E-state index contributed by atoms with van der Waals surface area (Å²) in [6, 6.07) is 21.6. The van der Waals surface area contributed by atoms with Crippen molar-refractivity contribution in [3.63, 3.8) is 0 Å². The molecule has 0 spiro atoms. The summed E-state index contributed by atoms with van der Waals surface area (Å²) in [6.45, 7) is 2.02. The van der Waals surface area contributed by atoms with Crippen LogP contribution in [0.15, 0.2) is 72.8 Å². The second kappa shape index (κ2) is 8.93. The Hall–Kier alpha value is -3.51. The number of hydrogen-bond acceptors (Lipinski definition) is 5. The van der Waals surface area contributed by atoms with Crippen molar-refractivity contribution in [1.82, 2.24) is 9.97 Å². The number of halogens is 1. The molecular formula is C26H24FN3O2. The second-order valence-electron chi connectivity index (χ2n) is 8.06. The minimum Gasteiger partial charge on any atom is -0.507 e. The lowest BCUT2D eigenvalue weighted by atomic mass is 10.1. The standard InChI is InChI=1S/C26H24FN3O2/c27-19-12-13-23-22(15-19)26(29-25(28-23)21-10-4-5-11-24(21)31)30-14-6-9-20(16-30)32-17-18-7-2-1-3-8-18/h1-5,7-8,10-13,15,20,31H,6,9,14,16-17H2. The average molecular weight is 429 g/mol. The van der Waals surface area contributed by atoms with Crippen molar-refractivity contribution in [3.05, 3.63) is 84.2 Å². The molecule has 5 nitrogen and oxygen atoms in total. The van der Waals surface area contributed by atoms with Gasteiger partial charge in [0, 0.05) is 18.5 Å². The first-order valence-electron chi connectivity index (χ1n) is 10.8. The molecule has 0 amide bonds. The summed E-state index contributed by atoms with van der Waals surface area (Å²) < 4.78 is 20.3. The Labute approximate surface area is 186 Å². The third-order valence-corrected chi connectivity index (χ3v) is 5.79. The Morgan fingerprint density at radius 3 is 2.66 bits per heavy atom. The normalized spacial score (nSPS) is 16.4. The summed E-state index contributed by atoms with van der Waals surface area (Å²) in [4.78, 5) is 11.5. The van der Waals surface area contributed by atoms with E-state index >= 15 is 0 Å². The molecule has 1 atom stereocenters. The van der Waals surface area contributed by atoms with Crippen molar-refractivity contribution >= 4 is 16.7 Å². The fourth-order valence-electron chi connectivity index (χ4n) is 4.16. The van der Waals surface area contributed by atoms with Gasteiger partial charge in [0.2, 0.25) is 0 Å². The van der Waals surface area contributed by atoms with Crippen LogP contribution in [0.3, 0.4) is 0 Å². The molecule has 162 valence electrons. The maximum Gasteiger partial charge on any atom is 0.165 e. The van der Waals surface area contributed by atoms with E-state index in [1.165, 1.54) is 12.1 Å². The molecule has 1 unspecified atom stereocenters. The van der Waals surface area contributed by atoms with Gasteiger partial charge in [-0.25, -0.2) is 14.4 Å². The largest absolute Gasteiger partial charge is 0.507 e. The van der Waals surface area contributed by atoms with Gasteiger partial charge in [-0.2, -0.15) is 0 Å². The highest BCUT2D eigenvalue weighted by molar-refractivity contribution is 5.91. The number of para-hydroxylation sites is 1. The third-order valence-electron chi connectivity index (χ3n) is 5.79. The maximum atomic E-state index is 14.1. The number of nitrogens with zero attached hydrogens (tertiary/aromatic N) is 3. The van der Waals surface area contributed by atoms with E-state index in [0.717, 1.165) is 24.9 Å². The molecule has 1 aliphatic rings. The number of ether oxygens (including phenoxy) is 1. The molecule has 1 N–H and O–H groups in total. The molecule has 0 bridgehead atoms. The molecule has 2 heterocycles. The molecule has 0 saturated carbocycles. The highest BCUT2D eigenvalue weighted by atomic mass is 19.1. The van der Waals surface area contributed by atoms with Gasteiger partial charge >= 0.3 is 0 Å². The number of phenolic OH excluding ortho intramolecular Hbond substituents is 1. The Balaban J connectivity index is 1.47. The summed E-state index contributed by atoms with van der Waals surface area (Å²) >= 11 is 0. The van der Waals surface area contributed by atoms with Crippen LogP contribution in [0, 0.1) is 5.82 Å². The first-order chi connectivity index (χ1) is 15.7. The molecular weight excluding hydrogens is 405 g/mol. The Bertz CT molecular complexity index is 1230. The molecule has 4 aromatic rings. The fourth-order valence-corrected chi connectivity index (χ4v) is 4.16. The monoisotopic (exact) mass is 429 g/mol. The lowest BCUT2D eigenvalue weighted by molar-refractivity contribution is 0.0315. The number of phenols is 1. The van der Waals surface area contributed by atoms with Crippen molar-refractivity contribution in [1.29, 1.82) is 0 Å². The predicted molar refractivity (Wildman–Crippen MR) is 123 cm³/mol. The predicted octanol–water partition coefficient (Wildman–Crippen LogP) is 5.33. The molecule has 5 rings (SSSR count). The Morgan fingerprint density at radius 2 is 1.81 bits per heavy atom. The van der Waals surface area contributed by atoms with E-state index in [4.69, 9.17) is 9.72 Å². The molecule has 32 heavy (non-hydrogen) atoms. The Morgan fingerprint density at radius 1 is 1.00 bits per heavy atom. The zero-order chi connectivity index (χ0) is 21.9. The number of fused-ring (bicyclic) bond motifs is 1. The van der Waals surface area contributed by atoms with Crippen molar-refractivity contribution in [2.45, 2.75) is 25.6 Å². The van der Waals surface area contributed by atoms with E-state index in [0.29, 0.717) is 41.3 Å². The van der Waals surface area contributed by atoms with Gasteiger partial charge in [-0.05, 0) is 48.7 Å². The van der Waals surface area contributed by atoms with Crippen molar-refractivity contribution in [2.75, 3.05) is 18.0 Å². The first-order valence-corrected chi connectivity index (χ1v) is 10.8. The van der Waals surface area contributed by atoms with E-state index in [9.17, 15) is 9.50 Å². The number of rotatable bonds is 5. The molecule has 1 aliphatic heterocycles. The van der Waals surface area contributed by atoms with E-state index in [1.807, 2.05) is 24.3 Å². The number of aromatic hydroxyl groups is 1. The van der Waals surface area contributed by atoms with Gasteiger partial charge in [-0.3, -0.25) is 0 Å². The molecule has 1 saturated heterocycles. The van der Waals surface area contributed by atoms with Gasteiger partial charge in [0.15, 0.2) is 5.82 Å². The van der Waals surface area contributed by atoms with Gasteiger partial charge in [-0.15, -0.1) is 0 Å². The van der Waals surface area contributed by atoms with Crippen LogP contribution in [-0.4, -0.2) is 34.3 Å². The van der Waals surface area contributed by atoms with Gasteiger partial charge in [0.05, 0.1) is 23.8 Å². The van der Waals surface area contributed by atoms with E-state index < -0.39 is 0 Å². The number of benzene rings is 3. The maximum absolute atomic E-state index is 14.1. The highest BCUT2D eigenvalue weighted by Crippen LogP contribution is 2.33. The molecule has 1 aromatic heterocycles. The lowest BCUT2D eigenvalue weighted by Gasteiger charge is -2.34. The fraction of sp³-hybridized carbons (Fsp3) is 0.231. The van der Waals surface area contributed by atoms with Crippen molar-refractivity contribution < 1.29 is 14.2 Å². The lowest BCUT2D eigenvalue weighted by Crippen LogP contribution is -2.40. The highest BCUT2D eigenvalue weighted by Gasteiger charge is 2.24. The minimum absolute atomic E-state index is 0.0520. The summed E-state index contributed by atoms with van der Waals surface area (Å²) in [5.41, 5.74) is 2.33. The van der Waals surface area contributed by atoms with Gasteiger partial charge in [0.1, 0.15) is 17.4 Å². The molecule has 6 heteroatoms. The van der Waals surface area contributed by atoms with Crippen LogP contribution in [0.1, 0.15) is 18.4 Å². The minimum atomic E-state index is -0.327. The second-order valence-corrected chi connectivity index (χ2v) is 8.06. The average Bonchev–Trinajstić information content (AvgIpc) is 2.83. The summed E-state index contributed by atoms with van der Waals surface area (Å²) in [5, 5.41) is 11.0. The van der Waals surface area contributed by atoms with E-state index in [1.54, 1.807) is 24.3 Å². The van der Waals surface area contributed by atoms with Crippen molar-refractivity contribution in [3.8, 4) is 17.1 Å². The first kappa shape index (κ1) is 20.4. The molecule has 0 aliphatic carbocycles. The molecule has 1 fully saturated rings. The number of hydrogen-bond donors (Lipinski definition) is 1. The van der Waals surface area contributed by atoms with Crippen molar-refractivity contribution in [2.24, 2.45) is 0 Å². The topological polar surface area (TPSA) is 58.5 Å². The zero-order valence-electron chi connectivity index (χ0n) is 17.6. The summed E-state index contributed by atoms with van der Waals surface area (Å²) in [5.74, 6) is 0.875. The molecule has 0 radical (unpaired) electrons. The quantitative estimate of drug-likeness (QED) is 0.465. The van der Waals surface area contributed by atoms with Crippen LogP contribution < -0.4 is 4.90 Å². The van der Waals surface area contributed by atoms with Crippen LogP contribution in [0.2, 0.25) is 0 Å². The molecule has 3 aromatic carbocycles. The van der Waals surface area contributed by atoms with Crippen LogP contribution in [0.5, 0.6) is 5.75 Å².